The number of fused-ring (bicyclic) bond motifs is 7. The number of ether oxygens (including phenoxy) is 1. The Morgan fingerprint density at radius 3 is 2.17 bits per heavy atom. The largest absolute Gasteiger partial charge is 0.481 e. The lowest BCUT2D eigenvalue weighted by Crippen LogP contribution is -2.66. The quantitative estimate of drug-likeness (QED) is 0.186. The molecule has 1 aromatic heterocycles. The second kappa shape index (κ2) is 15.1. The Labute approximate surface area is 358 Å². The summed E-state index contributed by atoms with van der Waals surface area (Å²) >= 11 is 6.23. The van der Waals surface area contributed by atoms with Gasteiger partial charge in [0.15, 0.2) is 5.78 Å². The fourth-order valence-electron chi connectivity index (χ4n) is 14.4. The SMILES string of the molecule is CC(C)C1=C2[C@H]3CC[C@@H]4[C@@]5(C)CC[C@H](OC(=O)CC(C)(C)C(=O)O)C(C)(C)[C@@H]5CC[C@@]4(C)[C@]3(C)CC[C@@]2([C@@H](O)CN(CCN(C)C)C2(c3ncc(Cl)cn3)CC2)CC1=O. The fourth-order valence-corrected chi connectivity index (χ4v) is 14.5. The Bertz CT molecular complexity index is 1860. The van der Waals surface area contributed by atoms with Crippen molar-refractivity contribution in [1.29, 1.82) is 0 Å². The maximum absolute atomic E-state index is 14.4. The predicted molar refractivity (Wildman–Crippen MR) is 229 cm³/mol. The molecule has 0 aliphatic heterocycles. The second-order valence-electron chi connectivity index (χ2n) is 22.6. The van der Waals surface area contributed by atoms with Crippen LogP contribution >= 0.6 is 11.6 Å². The van der Waals surface area contributed by atoms with Gasteiger partial charge in [-0.2, -0.15) is 0 Å². The minimum atomic E-state index is -1.18. The molecule has 11 heteroatoms. The number of carbonyl (C=O) groups is 3. The van der Waals surface area contributed by atoms with Crippen molar-refractivity contribution in [3.05, 3.63) is 34.4 Å². The van der Waals surface area contributed by atoms with Gasteiger partial charge in [-0.25, -0.2) is 9.97 Å². The maximum atomic E-state index is 14.4. The van der Waals surface area contributed by atoms with Crippen molar-refractivity contribution in [2.75, 3.05) is 33.7 Å². The number of Topliss-reactive ketones (excluding diaryl/α,β-unsaturated/α-hetero) is 1. The van der Waals surface area contributed by atoms with E-state index in [1.165, 1.54) is 5.57 Å². The van der Waals surface area contributed by atoms with E-state index in [2.05, 4.69) is 72.4 Å². The van der Waals surface area contributed by atoms with E-state index < -0.39 is 28.9 Å². The first-order chi connectivity index (χ1) is 27.4. The lowest BCUT2D eigenvalue weighted by molar-refractivity contribution is -0.235. The lowest BCUT2D eigenvalue weighted by atomic mass is 9.33. The zero-order chi connectivity index (χ0) is 43.3. The van der Waals surface area contributed by atoms with Crippen LogP contribution in [0.2, 0.25) is 5.02 Å². The van der Waals surface area contributed by atoms with Gasteiger partial charge in [0.05, 0.1) is 28.5 Å². The molecule has 5 saturated carbocycles. The number of hydrogen-bond acceptors (Lipinski definition) is 9. The molecule has 1 aromatic rings. The number of hydrogen-bond donors (Lipinski definition) is 2. The molecular weight excluding hydrogens is 764 g/mol. The van der Waals surface area contributed by atoms with Crippen molar-refractivity contribution in [2.45, 2.75) is 157 Å². The highest BCUT2D eigenvalue weighted by Gasteiger charge is 2.71. The molecule has 6 aliphatic carbocycles. The van der Waals surface area contributed by atoms with Crippen LogP contribution in [0, 0.1) is 56.2 Å². The number of carbonyl (C=O) groups excluding carboxylic acids is 2. The molecule has 5 fully saturated rings. The molecule has 1 heterocycles. The van der Waals surface area contributed by atoms with Gasteiger partial charge in [-0.1, -0.05) is 65.6 Å². The summed E-state index contributed by atoms with van der Waals surface area (Å²) in [4.78, 5) is 53.4. The van der Waals surface area contributed by atoms with Crippen molar-refractivity contribution in [2.24, 2.45) is 56.2 Å². The number of halogens is 1. The summed E-state index contributed by atoms with van der Waals surface area (Å²) in [6, 6.07) is 0. The van der Waals surface area contributed by atoms with Crippen LogP contribution in [0.1, 0.15) is 145 Å². The summed E-state index contributed by atoms with van der Waals surface area (Å²) in [6.07, 6.45) is 12.1. The van der Waals surface area contributed by atoms with Gasteiger partial charge in [0.2, 0.25) is 0 Å². The second-order valence-corrected chi connectivity index (χ2v) is 23.0. The molecule has 0 radical (unpaired) electrons. The van der Waals surface area contributed by atoms with Gasteiger partial charge in [-0.15, -0.1) is 0 Å². The summed E-state index contributed by atoms with van der Waals surface area (Å²) < 4.78 is 6.21. The molecule has 328 valence electrons. The van der Waals surface area contributed by atoms with E-state index in [9.17, 15) is 24.6 Å². The Morgan fingerprint density at radius 2 is 1.58 bits per heavy atom. The molecule has 0 spiro atoms. The highest BCUT2D eigenvalue weighted by molar-refractivity contribution is 6.30. The fraction of sp³-hybridized carbons (Fsp3) is 0.812. The zero-order valence-electron chi connectivity index (χ0n) is 37.9. The van der Waals surface area contributed by atoms with Crippen LogP contribution in [0.4, 0.5) is 0 Å². The van der Waals surface area contributed by atoms with Gasteiger partial charge in [0, 0.05) is 49.3 Å². The number of allylic oxidation sites excluding steroid dienone is 1. The van der Waals surface area contributed by atoms with Gasteiger partial charge in [0.1, 0.15) is 11.9 Å². The number of ketones is 1. The minimum Gasteiger partial charge on any atom is -0.481 e. The molecule has 0 amide bonds. The monoisotopic (exact) mass is 837 g/mol. The topological polar surface area (TPSA) is 133 Å². The summed E-state index contributed by atoms with van der Waals surface area (Å²) in [6.45, 7) is 21.7. The average Bonchev–Trinajstić information content (AvgIpc) is 3.88. The van der Waals surface area contributed by atoms with Crippen LogP contribution in [-0.2, 0) is 24.7 Å². The normalized spacial score (nSPS) is 36.5. The van der Waals surface area contributed by atoms with E-state index in [0.717, 1.165) is 88.7 Å². The molecule has 2 N–H and O–H groups in total. The van der Waals surface area contributed by atoms with Gasteiger partial charge < -0.3 is 19.8 Å². The zero-order valence-corrected chi connectivity index (χ0v) is 38.7. The number of carboxylic acids is 1. The average molecular weight is 838 g/mol. The Balaban J connectivity index is 1.18. The number of aliphatic hydroxyl groups is 1. The van der Waals surface area contributed by atoms with Crippen LogP contribution in [0.15, 0.2) is 23.5 Å². The molecule has 9 atom stereocenters. The number of aromatic nitrogens is 2. The van der Waals surface area contributed by atoms with E-state index in [0.29, 0.717) is 29.8 Å². The van der Waals surface area contributed by atoms with Gasteiger partial charge in [-0.3, -0.25) is 19.3 Å². The van der Waals surface area contributed by atoms with E-state index in [-0.39, 0.29) is 57.3 Å². The molecule has 6 aliphatic rings. The summed E-state index contributed by atoms with van der Waals surface area (Å²) in [5.74, 6) is 0.671. The smallest absolute Gasteiger partial charge is 0.309 e. The molecule has 0 bridgehead atoms. The van der Waals surface area contributed by atoms with Gasteiger partial charge >= 0.3 is 11.9 Å². The first-order valence-electron chi connectivity index (χ1n) is 22.7. The lowest BCUT2D eigenvalue weighted by Gasteiger charge is -2.72. The van der Waals surface area contributed by atoms with Crippen molar-refractivity contribution < 1.29 is 29.3 Å². The first kappa shape index (κ1) is 44.6. The maximum Gasteiger partial charge on any atom is 0.309 e. The molecule has 0 aromatic carbocycles. The predicted octanol–water partition coefficient (Wildman–Crippen LogP) is 8.74. The van der Waals surface area contributed by atoms with Gasteiger partial charge in [0.25, 0.3) is 0 Å². The number of aliphatic hydroxyl groups excluding tert-OH is 1. The van der Waals surface area contributed by atoms with Crippen molar-refractivity contribution >= 4 is 29.3 Å². The molecule has 10 nitrogen and oxygen atoms in total. The third-order valence-electron chi connectivity index (χ3n) is 18.1. The highest BCUT2D eigenvalue weighted by atomic mass is 35.5. The van der Waals surface area contributed by atoms with E-state index >= 15 is 0 Å². The van der Waals surface area contributed by atoms with Crippen molar-refractivity contribution in [3.8, 4) is 0 Å². The molecule has 7 rings (SSSR count). The van der Waals surface area contributed by atoms with Crippen LogP contribution < -0.4 is 0 Å². The summed E-state index contributed by atoms with van der Waals surface area (Å²) in [7, 11) is 4.16. The summed E-state index contributed by atoms with van der Waals surface area (Å²) in [5.41, 5.74) is -0.117. The number of rotatable bonds is 13. The van der Waals surface area contributed by atoms with Gasteiger partial charge in [-0.05, 0) is 138 Å². The van der Waals surface area contributed by atoms with E-state index in [1.54, 1.807) is 26.2 Å². The van der Waals surface area contributed by atoms with Crippen LogP contribution in [-0.4, -0.2) is 93.6 Å². The third kappa shape index (κ3) is 7.04. The molecule has 0 saturated heterocycles. The Hall–Kier alpha value is -2.40. The number of carboxylic acid groups (broad SMARTS) is 1. The minimum absolute atomic E-state index is 0.0197. The van der Waals surface area contributed by atoms with Crippen LogP contribution in [0.25, 0.3) is 0 Å². The standard InChI is InChI=1S/C48H73ClN4O6/c1-29(2)38-32(54)24-47(35(55)28-53(23-22-52(10)11)48(20-21-48)40-50-26-30(49)27-51-40)19-18-45(8)31(39(38)47)12-13-34-44(7)16-15-36(59-37(56)25-42(3,4)41(57)58)43(5,6)33(44)14-17-46(34,45)9/h26-27,29,31,33-36,55H,12-25,28H2,1-11H3,(H,57,58)/t31-,33+,34-,35+,36+,44+,45-,46-,47+/m1/s1. The molecular formula is C48H73ClN4O6. The van der Waals surface area contributed by atoms with E-state index in [1.807, 2.05) is 0 Å². The number of likely N-dealkylation sites (N-methyl/N-ethyl adjacent to an activating group) is 1. The van der Waals surface area contributed by atoms with Crippen LogP contribution in [0.5, 0.6) is 0 Å². The van der Waals surface area contributed by atoms with Crippen molar-refractivity contribution in [1.82, 2.24) is 19.8 Å². The van der Waals surface area contributed by atoms with Crippen molar-refractivity contribution in [3.63, 3.8) is 0 Å². The van der Waals surface area contributed by atoms with Crippen LogP contribution in [0.3, 0.4) is 0 Å². The molecule has 0 unspecified atom stereocenters. The Kier molecular flexibility index (Phi) is 11.5. The number of aliphatic carboxylic acids is 1. The molecule has 59 heavy (non-hydrogen) atoms. The Morgan fingerprint density at radius 1 is 0.915 bits per heavy atom. The summed E-state index contributed by atoms with van der Waals surface area (Å²) in [5, 5.41) is 23.1. The number of nitrogens with zero attached hydrogens (tertiary/aromatic N) is 4. The first-order valence-corrected chi connectivity index (χ1v) is 23.0. The highest BCUT2D eigenvalue weighted by Crippen LogP contribution is 2.77. The van der Waals surface area contributed by atoms with E-state index in [4.69, 9.17) is 26.3 Å². The third-order valence-corrected chi connectivity index (χ3v) is 18.3. The number of esters is 1.